The van der Waals surface area contributed by atoms with Crippen molar-refractivity contribution >= 4 is 28.5 Å². The van der Waals surface area contributed by atoms with Gasteiger partial charge in [0.25, 0.3) is 11.5 Å². The van der Waals surface area contributed by atoms with Crippen molar-refractivity contribution < 1.29 is 4.79 Å². The maximum atomic E-state index is 11.9. The van der Waals surface area contributed by atoms with Crippen LogP contribution in [0.25, 0.3) is 0 Å². The highest BCUT2D eigenvalue weighted by Gasteiger charge is 2.14. The molecule has 1 rings (SSSR count). The van der Waals surface area contributed by atoms with E-state index in [-0.39, 0.29) is 23.1 Å². The van der Waals surface area contributed by atoms with E-state index in [0.29, 0.717) is 0 Å². The minimum atomic E-state index is -0.317. The number of halogens is 1. The summed E-state index contributed by atoms with van der Waals surface area (Å²) in [7, 11) is 0. The molecule has 0 bridgehead atoms. The molecule has 1 atom stereocenters. The standard InChI is InChI=1S/C12H17IN2O2/c1-4-7(3)14-11(16)8-6-9(13)10(5-2)15-12(8)17/h6-7H,4-5H2,1-3H3,(H,14,16)(H,15,17)/t7-/m0/s1. The molecule has 0 saturated carbocycles. The molecule has 1 aromatic rings. The predicted molar refractivity (Wildman–Crippen MR) is 76.4 cm³/mol. The summed E-state index contributed by atoms with van der Waals surface area (Å²) in [5.41, 5.74) is 0.741. The van der Waals surface area contributed by atoms with Crippen LogP contribution in [0, 0.1) is 3.57 Å². The van der Waals surface area contributed by atoms with Gasteiger partial charge in [0, 0.05) is 15.3 Å². The van der Waals surface area contributed by atoms with E-state index < -0.39 is 0 Å². The summed E-state index contributed by atoms with van der Waals surface area (Å²) in [5.74, 6) is -0.304. The van der Waals surface area contributed by atoms with Crippen LogP contribution in [-0.4, -0.2) is 16.9 Å². The van der Waals surface area contributed by atoms with Crippen LogP contribution >= 0.6 is 22.6 Å². The second-order valence-electron chi connectivity index (χ2n) is 3.97. The van der Waals surface area contributed by atoms with E-state index in [9.17, 15) is 9.59 Å². The highest BCUT2D eigenvalue weighted by Crippen LogP contribution is 2.10. The minimum Gasteiger partial charge on any atom is -0.349 e. The van der Waals surface area contributed by atoms with Crippen molar-refractivity contribution in [2.45, 2.75) is 39.7 Å². The van der Waals surface area contributed by atoms with Crippen LogP contribution in [0.3, 0.4) is 0 Å². The first kappa shape index (κ1) is 14.2. The molecular formula is C12H17IN2O2. The van der Waals surface area contributed by atoms with E-state index in [2.05, 4.69) is 32.9 Å². The molecule has 0 spiro atoms. The van der Waals surface area contributed by atoms with Crippen LogP contribution in [0.1, 0.15) is 43.2 Å². The maximum Gasteiger partial charge on any atom is 0.261 e. The Morgan fingerprint density at radius 2 is 2.18 bits per heavy atom. The first-order valence-electron chi connectivity index (χ1n) is 5.72. The minimum absolute atomic E-state index is 0.0745. The van der Waals surface area contributed by atoms with Crippen LogP contribution in [0.2, 0.25) is 0 Å². The molecule has 0 radical (unpaired) electrons. The fourth-order valence-electron chi connectivity index (χ4n) is 1.37. The zero-order valence-corrected chi connectivity index (χ0v) is 12.4. The lowest BCUT2D eigenvalue weighted by Crippen LogP contribution is -2.35. The quantitative estimate of drug-likeness (QED) is 0.819. The first-order chi connectivity index (χ1) is 7.99. The molecule has 5 heteroatoms. The predicted octanol–water partition coefficient (Wildman–Crippen LogP) is 2.07. The number of H-pyrrole nitrogens is 1. The fraction of sp³-hybridized carbons (Fsp3) is 0.500. The van der Waals surface area contributed by atoms with Crippen molar-refractivity contribution in [2.24, 2.45) is 0 Å². The Bertz CT molecular complexity index is 468. The van der Waals surface area contributed by atoms with Gasteiger partial charge in [0.05, 0.1) is 0 Å². The fourth-order valence-corrected chi connectivity index (χ4v) is 2.20. The van der Waals surface area contributed by atoms with Crippen molar-refractivity contribution in [1.29, 1.82) is 0 Å². The largest absolute Gasteiger partial charge is 0.349 e. The summed E-state index contributed by atoms with van der Waals surface area (Å²) < 4.78 is 0.916. The molecule has 94 valence electrons. The normalized spacial score (nSPS) is 12.2. The molecule has 0 aliphatic carbocycles. The summed E-state index contributed by atoms with van der Waals surface area (Å²) in [4.78, 5) is 26.3. The smallest absolute Gasteiger partial charge is 0.261 e. The second kappa shape index (κ2) is 6.18. The van der Waals surface area contributed by atoms with E-state index in [1.54, 1.807) is 6.07 Å². The van der Waals surface area contributed by atoms with Crippen LogP contribution in [-0.2, 0) is 6.42 Å². The number of aryl methyl sites for hydroxylation is 1. The molecule has 2 N–H and O–H groups in total. The van der Waals surface area contributed by atoms with Gasteiger partial charge in [0.15, 0.2) is 0 Å². The van der Waals surface area contributed by atoms with Crippen LogP contribution in [0.15, 0.2) is 10.9 Å². The van der Waals surface area contributed by atoms with E-state index in [1.165, 1.54) is 0 Å². The van der Waals surface area contributed by atoms with Crippen molar-refractivity contribution in [3.63, 3.8) is 0 Å². The lowest BCUT2D eigenvalue weighted by Gasteiger charge is -2.11. The topological polar surface area (TPSA) is 62.0 Å². The van der Waals surface area contributed by atoms with E-state index in [4.69, 9.17) is 0 Å². The number of carbonyl (C=O) groups excluding carboxylic acids is 1. The summed E-state index contributed by atoms with van der Waals surface area (Å²) >= 11 is 2.13. The number of hydrogen-bond donors (Lipinski definition) is 2. The van der Waals surface area contributed by atoms with Gasteiger partial charge in [-0.05, 0) is 48.4 Å². The number of pyridine rings is 1. The number of hydrogen-bond acceptors (Lipinski definition) is 2. The van der Waals surface area contributed by atoms with Crippen LogP contribution in [0.5, 0.6) is 0 Å². The average Bonchev–Trinajstić information content (AvgIpc) is 2.31. The van der Waals surface area contributed by atoms with Crippen LogP contribution in [0.4, 0.5) is 0 Å². The van der Waals surface area contributed by atoms with Crippen molar-refractivity contribution in [3.05, 3.63) is 31.2 Å². The lowest BCUT2D eigenvalue weighted by molar-refractivity contribution is 0.0937. The zero-order chi connectivity index (χ0) is 13.0. The maximum absolute atomic E-state index is 11.9. The summed E-state index contributed by atoms with van der Waals surface area (Å²) in [6.45, 7) is 5.86. The van der Waals surface area contributed by atoms with Gasteiger partial charge in [0.2, 0.25) is 0 Å². The van der Waals surface area contributed by atoms with Crippen LogP contribution < -0.4 is 10.9 Å². The summed E-state index contributed by atoms with van der Waals surface area (Å²) in [6.07, 6.45) is 1.59. The monoisotopic (exact) mass is 348 g/mol. The molecule has 0 unspecified atom stereocenters. The number of aromatic nitrogens is 1. The van der Waals surface area contributed by atoms with Crippen molar-refractivity contribution in [1.82, 2.24) is 10.3 Å². The molecule has 0 aliphatic rings. The Morgan fingerprint density at radius 1 is 1.53 bits per heavy atom. The number of rotatable bonds is 4. The van der Waals surface area contributed by atoms with Gasteiger partial charge >= 0.3 is 0 Å². The van der Waals surface area contributed by atoms with Gasteiger partial charge < -0.3 is 10.3 Å². The third kappa shape index (κ3) is 3.55. The number of amides is 1. The van der Waals surface area contributed by atoms with Gasteiger partial charge in [-0.3, -0.25) is 9.59 Å². The molecule has 0 fully saturated rings. The zero-order valence-electron chi connectivity index (χ0n) is 10.3. The van der Waals surface area contributed by atoms with Crippen molar-refractivity contribution in [2.75, 3.05) is 0 Å². The Balaban J connectivity index is 3.03. The molecule has 17 heavy (non-hydrogen) atoms. The molecule has 4 nitrogen and oxygen atoms in total. The van der Waals surface area contributed by atoms with Gasteiger partial charge in [0.1, 0.15) is 5.56 Å². The van der Waals surface area contributed by atoms with Gasteiger partial charge in [-0.25, -0.2) is 0 Å². The Morgan fingerprint density at radius 3 is 2.71 bits per heavy atom. The molecule has 0 saturated heterocycles. The van der Waals surface area contributed by atoms with Gasteiger partial charge in [-0.15, -0.1) is 0 Å². The summed E-state index contributed by atoms with van der Waals surface area (Å²) in [6, 6.07) is 1.72. The van der Waals surface area contributed by atoms with Crippen molar-refractivity contribution in [3.8, 4) is 0 Å². The molecule has 1 heterocycles. The molecule has 1 amide bonds. The highest BCUT2D eigenvalue weighted by atomic mass is 127. The molecular weight excluding hydrogens is 331 g/mol. The SMILES string of the molecule is CCc1[nH]c(=O)c(C(=O)N[C@@H](C)CC)cc1I. The summed E-state index contributed by atoms with van der Waals surface area (Å²) in [5, 5.41) is 2.79. The first-order valence-corrected chi connectivity index (χ1v) is 6.80. The van der Waals surface area contributed by atoms with Gasteiger partial charge in [-0.1, -0.05) is 13.8 Å². The Kier molecular flexibility index (Phi) is 5.17. The van der Waals surface area contributed by atoms with Gasteiger partial charge in [-0.2, -0.15) is 0 Å². The number of aromatic amines is 1. The number of carbonyl (C=O) groups is 1. The third-order valence-corrected chi connectivity index (χ3v) is 3.62. The van der Waals surface area contributed by atoms with E-state index >= 15 is 0 Å². The molecule has 0 aliphatic heterocycles. The Labute approximate surface area is 114 Å². The second-order valence-corrected chi connectivity index (χ2v) is 5.14. The highest BCUT2D eigenvalue weighted by molar-refractivity contribution is 14.1. The molecule has 1 aromatic heterocycles. The van der Waals surface area contributed by atoms with E-state index in [1.807, 2.05) is 20.8 Å². The third-order valence-electron chi connectivity index (χ3n) is 2.66. The number of nitrogens with one attached hydrogen (secondary N) is 2. The Hall–Kier alpha value is -0.850. The van der Waals surface area contributed by atoms with E-state index in [0.717, 1.165) is 22.1 Å². The lowest BCUT2D eigenvalue weighted by atomic mass is 10.2. The molecule has 0 aromatic carbocycles. The average molecular weight is 348 g/mol.